The van der Waals surface area contributed by atoms with E-state index in [0.29, 0.717) is 50.6 Å². The van der Waals surface area contributed by atoms with Gasteiger partial charge in [0.15, 0.2) is 0 Å². The molecule has 11 nitrogen and oxygen atoms in total. The predicted molar refractivity (Wildman–Crippen MR) is 182 cm³/mol. The molecule has 2 aromatic heterocycles. The Morgan fingerprint density at radius 1 is 0.917 bits per heavy atom. The van der Waals surface area contributed by atoms with Crippen LogP contribution in [0.1, 0.15) is 28.8 Å². The summed E-state index contributed by atoms with van der Waals surface area (Å²) in [6.07, 6.45) is 2.34. The first kappa shape index (κ1) is 31.3. The highest BCUT2D eigenvalue weighted by atomic mass is 32.1. The molecular formula is C36H33N5O6S. The topological polar surface area (TPSA) is 132 Å². The molecule has 3 amide bonds. The van der Waals surface area contributed by atoms with Crippen molar-refractivity contribution in [2.45, 2.75) is 25.4 Å². The van der Waals surface area contributed by atoms with Crippen LogP contribution in [-0.4, -0.2) is 72.1 Å². The van der Waals surface area contributed by atoms with Crippen molar-refractivity contribution in [2.24, 2.45) is 0 Å². The van der Waals surface area contributed by atoms with Gasteiger partial charge in [-0.3, -0.25) is 19.7 Å². The van der Waals surface area contributed by atoms with Gasteiger partial charge in [0.2, 0.25) is 11.8 Å². The van der Waals surface area contributed by atoms with Crippen LogP contribution in [0.25, 0.3) is 31.9 Å². The van der Waals surface area contributed by atoms with Crippen molar-refractivity contribution in [3.8, 4) is 33.2 Å². The second-order valence-electron chi connectivity index (χ2n) is 11.5. The van der Waals surface area contributed by atoms with Crippen molar-refractivity contribution in [3.63, 3.8) is 0 Å². The fourth-order valence-electron chi connectivity index (χ4n) is 5.88. The number of aromatic nitrogens is 2. The summed E-state index contributed by atoms with van der Waals surface area (Å²) in [5, 5.41) is 6.60. The van der Waals surface area contributed by atoms with E-state index in [9.17, 15) is 14.4 Å². The van der Waals surface area contributed by atoms with Crippen molar-refractivity contribution in [1.29, 1.82) is 0 Å². The summed E-state index contributed by atoms with van der Waals surface area (Å²) in [6.45, 7) is 2.09. The molecule has 7 rings (SSSR count). The molecule has 1 saturated heterocycles. The lowest BCUT2D eigenvalue weighted by molar-refractivity contribution is -0.136. The molecule has 0 spiro atoms. The highest BCUT2D eigenvalue weighted by Crippen LogP contribution is 2.34. The summed E-state index contributed by atoms with van der Waals surface area (Å²) >= 11 is 1.64. The lowest BCUT2D eigenvalue weighted by Gasteiger charge is -2.29. The van der Waals surface area contributed by atoms with Crippen LogP contribution >= 0.6 is 11.3 Å². The van der Waals surface area contributed by atoms with Gasteiger partial charge in [0, 0.05) is 36.8 Å². The number of hydrogen-bond donors (Lipinski definition) is 2. The van der Waals surface area contributed by atoms with Gasteiger partial charge in [0.05, 0.1) is 30.5 Å². The molecule has 2 N–H and O–H groups in total. The summed E-state index contributed by atoms with van der Waals surface area (Å²) < 4.78 is 18.0. The second-order valence-corrected chi connectivity index (χ2v) is 12.5. The fraction of sp³-hybridized carbons (Fsp3) is 0.250. The number of ether oxygens (including phenoxy) is 3. The van der Waals surface area contributed by atoms with Crippen LogP contribution in [-0.2, 0) is 20.9 Å². The molecule has 4 heterocycles. The van der Waals surface area contributed by atoms with Crippen LogP contribution < -0.4 is 20.1 Å². The van der Waals surface area contributed by atoms with Crippen LogP contribution in [0, 0.1) is 0 Å². The SMILES string of the molecule is COc1ccc2nc(-c3ccc(-c4ccnc(NCCOCCOc5ccc6c(c5)CN(C5CCC(=O)NC5=O)C6=O)c4)cc3)sc2c1. The number of carbonyl (C=O) groups excluding carboxylic acids is 3. The van der Waals surface area contributed by atoms with Gasteiger partial charge in [-0.25, -0.2) is 9.97 Å². The third-order valence-electron chi connectivity index (χ3n) is 8.36. The zero-order valence-electron chi connectivity index (χ0n) is 26.2. The molecule has 244 valence electrons. The first-order chi connectivity index (χ1) is 23.4. The standard InChI is InChI=1S/C36H33N5O6S/c1-45-26-7-9-29-31(20-26)48-35(39-29)23-4-2-22(3-5-23)24-12-13-37-32(19-24)38-14-15-46-16-17-47-27-6-8-28-25(18-27)21-41(36(28)44)30-10-11-33(42)40-34(30)43/h2-9,12-13,18-20,30H,10-11,14-17,21H2,1H3,(H,37,38)(H,40,42,43). The highest BCUT2D eigenvalue weighted by Gasteiger charge is 2.39. The summed E-state index contributed by atoms with van der Waals surface area (Å²) in [7, 11) is 1.67. The van der Waals surface area contributed by atoms with Gasteiger partial charge in [-0.2, -0.15) is 0 Å². The molecule has 0 aliphatic carbocycles. The number of hydrogen-bond acceptors (Lipinski definition) is 10. The minimum Gasteiger partial charge on any atom is -0.497 e. The van der Waals surface area contributed by atoms with E-state index in [1.165, 1.54) is 4.90 Å². The van der Waals surface area contributed by atoms with E-state index in [0.717, 1.165) is 49.0 Å². The molecule has 1 unspecified atom stereocenters. The number of benzene rings is 3. The number of imide groups is 1. The van der Waals surface area contributed by atoms with Crippen LogP contribution in [0.2, 0.25) is 0 Å². The molecule has 0 bridgehead atoms. The molecule has 48 heavy (non-hydrogen) atoms. The zero-order valence-corrected chi connectivity index (χ0v) is 27.0. The third-order valence-corrected chi connectivity index (χ3v) is 9.43. The number of fused-ring (bicyclic) bond motifs is 2. The number of nitrogens with zero attached hydrogens (tertiary/aromatic N) is 3. The second kappa shape index (κ2) is 13.8. The number of anilines is 1. The lowest BCUT2D eigenvalue weighted by Crippen LogP contribution is -2.52. The van der Waals surface area contributed by atoms with Crippen LogP contribution in [0.3, 0.4) is 0 Å². The van der Waals surface area contributed by atoms with E-state index in [-0.39, 0.29) is 18.2 Å². The maximum Gasteiger partial charge on any atom is 0.255 e. The van der Waals surface area contributed by atoms with Crippen LogP contribution in [0.15, 0.2) is 79.0 Å². The van der Waals surface area contributed by atoms with Crippen molar-refractivity contribution < 1.29 is 28.6 Å². The zero-order chi connectivity index (χ0) is 33.0. The van der Waals surface area contributed by atoms with E-state index in [1.54, 1.807) is 36.8 Å². The first-order valence-electron chi connectivity index (χ1n) is 15.7. The van der Waals surface area contributed by atoms with Gasteiger partial charge in [0.1, 0.15) is 35.0 Å². The van der Waals surface area contributed by atoms with Gasteiger partial charge in [-0.05, 0) is 71.6 Å². The van der Waals surface area contributed by atoms with Gasteiger partial charge in [-0.1, -0.05) is 24.3 Å². The van der Waals surface area contributed by atoms with Gasteiger partial charge in [-0.15, -0.1) is 11.3 Å². The van der Waals surface area contributed by atoms with Gasteiger partial charge >= 0.3 is 0 Å². The average Bonchev–Trinajstić information content (AvgIpc) is 3.68. The number of amides is 3. The number of pyridine rings is 1. The van der Waals surface area contributed by atoms with Crippen molar-refractivity contribution in [2.75, 3.05) is 38.8 Å². The Hall–Kier alpha value is -5.33. The molecule has 0 saturated carbocycles. The third kappa shape index (κ3) is 6.71. The molecule has 3 aromatic carbocycles. The Morgan fingerprint density at radius 2 is 1.75 bits per heavy atom. The average molecular weight is 664 g/mol. The van der Waals surface area contributed by atoms with Gasteiger partial charge < -0.3 is 24.4 Å². The molecular weight excluding hydrogens is 630 g/mol. The summed E-state index contributed by atoms with van der Waals surface area (Å²) in [5.74, 6) is 1.28. The number of rotatable bonds is 12. The van der Waals surface area contributed by atoms with E-state index >= 15 is 0 Å². The minimum atomic E-state index is -0.639. The van der Waals surface area contributed by atoms with Gasteiger partial charge in [0.25, 0.3) is 5.91 Å². The van der Waals surface area contributed by atoms with E-state index in [4.69, 9.17) is 19.2 Å². The normalized spacial score (nSPS) is 15.8. The molecule has 2 aliphatic rings. The van der Waals surface area contributed by atoms with Crippen LogP contribution in [0.4, 0.5) is 5.82 Å². The molecule has 0 radical (unpaired) electrons. The minimum absolute atomic E-state index is 0.206. The predicted octanol–water partition coefficient (Wildman–Crippen LogP) is 5.30. The monoisotopic (exact) mass is 663 g/mol. The molecule has 5 aromatic rings. The largest absolute Gasteiger partial charge is 0.497 e. The van der Waals surface area contributed by atoms with E-state index in [2.05, 4.69) is 39.9 Å². The number of thiazole rings is 1. The number of nitrogens with one attached hydrogen (secondary N) is 2. The summed E-state index contributed by atoms with van der Waals surface area (Å²) in [6, 6.07) is 22.9. The number of piperidine rings is 1. The Labute approximate surface area is 280 Å². The quantitative estimate of drug-likeness (QED) is 0.135. The van der Waals surface area contributed by atoms with Crippen molar-refractivity contribution in [1.82, 2.24) is 20.2 Å². The summed E-state index contributed by atoms with van der Waals surface area (Å²) in [5.41, 5.74) is 5.51. The first-order valence-corrected chi connectivity index (χ1v) is 16.5. The van der Waals surface area contributed by atoms with Crippen LogP contribution in [0.5, 0.6) is 11.5 Å². The van der Waals surface area contributed by atoms with Crippen molar-refractivity contribution in [3.05, 3.63) is 90.1 Å². The molecule has 12 heteroatoms. The van der Waals surface area contributed by atoms with E-state index in [1.807, 2.05) is 36.4 Å². The highest BCUT2D eigenvalue weighted by molar-refractivity contribution is 7.21. The Bertz CT molecular complexity index is 2000. The number of carbonyl (C=O) groups is 3. The van der Waals surface area contributed by atoms with Crippen molar-refractivity contribution >= 4 is 45.1 Å². The number of methoxy groups -OCH3 is 1. The Kier molecular flexibility index (Phi) is 8.99. The lowest BCUT2D eigenvalue weighted by atomic mass is 10.0. The fourth-order valence-corrected chi connectivity index (χ4v) is 6.88. The maximum absolute atomic E-state index is 12.9. The smallest absolute Gasteiger partial charge is 0.255 e. The molecule has 2 aliphatic heterocycles. The Balaban J connectivity index is 0.852. The summed E-state index contributed by atoms with van der Waals surface area (Å²) in [4.78, 5) is 47.4. The maximum atomic E-state index is 12.9. The molecule has 1 fully saturated rings. The molecule has 1 atom stereocenters. The van der Waals surface area contributed by atoms with E-state index < -0.39 is 11.9 Å². The Morgan fingerprint density at radius 3 is 2.58 bits per heavy atom.